The zero-order valence-electron chi connectivity index (χ0n) is 24.4. The molecule has 41 heavy (non-hydrogen) atoms. The quantitative estimate of drug-likeness (QED) is 0.282. The SMILES string of the molecule is CCOc1cc([C@H]2C(C(=O)OCC(C)C)=C(C)N=c3s/c(=C/c4ccc(N(C)C)cc4)c(=O)n32)ccc1OC(C)=O. The van der Waals surface area contributed by atoms with Crippen LogP contribution in [0, 0.1) is 5.92 Å². The van der Waals surface area contributed by atoms with Crippen molar-refractivity contribution in [2.45, 2.75) is 40.7 Å². The van der Waals surface area contributed by atoms with Crippen LogP contribution in [0.1, 0.15) is 51.8 Å². The zero-order chi connectivity index (χ0) is 29.8. The number of esters is 2. The molecule has 1 aliphatic heterocycles. The summed E-state index contributed by atoms with van der Waals surface area (Å²) in [5, 5.41) is 0. The number of hydrogen-bond donors (Lipinski definition) is 0. The number of rotatable bonds is 9. The van der Waals surface area contributed by atoms with Crippen molar-refractivity contribution in [3.63, 3.8) is 0 Å². The van der Waals surface area contributed by atoms with Gasteiger partial charge in [-0.25, -0.2) is 9.79 Å². The summed E-state index contributed by atoms with van der Waals surface area (Å²) in [6.07, 6.45) is 1.83. The van der Waals surface area contributed by atoms with Gasteiger partial charge in [-0.3, -0.25) is 14.2 Å². The van der Waals surface area contributed by atoms with Gasteiger partial charge in [0.15, 0.2) is 16.3 Å². The summed E-state index contributed by atoms with van der Waals surface area (Å²) in [7, 11) is 3.93. The van der Waals surface area contributed by atoms with E-state index in [1.165, 1.54) is 22.8 Å². The van der Waals surface area contributed by atoms with E-state index in [1.54, 1.807) is 25.1 Å². The van der Waals surface area contributed by atoms with Crippen molar-refractivity contribution in [1.82, 2.24) is 4.57 Å². The smallest absolute Gasteiger partial charge is 0.338 e. The van der Waals surface area contributed by atoms with Gasteiger partial charge >= 0.3 is 11.9 Å². The van der Waals surface area contributed by atoms with Crippen molar-refractivity contribution in [2.24, 2.45) is 10.9 Å². The van der Waals surface area contributed by atoms with Crippen LogP contribution in [0.5, 0.6) is 11.5 Å². The maximum Gasteiger partial charge on any atom is 0.338 e. The minimum absolute atomic E-state index is 0.130. The molecule has 0 aliphatic carbocycles. The molecular formula is C31H35N3O6S. The molecule has 3 aromatic rings. The highest BCUT2D eigenvalue weighted by Gasteiger charge is 2.34. The summed E-state index contributed by atoms with van der Waals surface area (Å²) < 4.78 is 18.7. The summed E-state index contributed by atoms with van der Waals surface area (Å²) in [5.74, 6) is -0.320. The lowest BCUT2D eigenvalue weighted by Gasteiger charge is -2.25. The third-order valence-corrected chi connectivity index (χ3v) is 7.32. The first-order valence-corrected chi connectivity index (χ1v) is 14.2. The maximum absolute atomic E-state index is 13.9. The summed E-state index contributed by atoms with van der Waals surface area (Å²) in [6.45, 7) is 9.33. The Kier molecular flexibility index (Phi) is 9.12. The number of fused-ring (bicyclic) bond motifs is 1. The lowest BCUT2D eigenvalue weighted by Crippen LogP contribution is -2.40. The fourth-order valence-corrected chi connectivity index (χ4v) is 5.49. The first-order chi connectivity index (χ1) is 19.5. The van der Waals surface area contributed by atoms with Gasteiger partial charge in [0.25, 0.3) is 5.56 Å². The van der Waals surface area contributed by atoms with E-state index in [-0.39, 0.29) is 29.4 Å². The molecule has 9 nitrogen and oxygen atoms in total. The minimum atomic E-state index is -0.824. The van der Waals surface area contributed by atoms with E-state index in [2.05, 4.69) is 4.99 Å². The minimum Gasteiger partial charge on any atom is -0.490 e. The lowest BCUT2D eigenvalue weighted by atomic mass is 9.95. The van der Waals surface area contributed by atoms with Crippen LogP contribution in [-0.2, 0) is 14.3 Å². The first kappa shape index (κ1) is 29.8. The summed E-state index contributed by atoms with van der Waals surface area (Å²) in [6, 6.07) is 12.1. The average molecular weight is 578 g/mol. The average Bonchev–Trinajstić information content (AvgIpc) is 3.21. The largest absolute Gasteiger partial charge is 0.490 e. The number of carbonyl (C=O) groups excluding carboxylic acids is 2. The number of aromatic nitrogens is 1. The van der Waals surface area contributed by atoms with Gasteiger partial charge in [0.05, 0.1) is 35.1 Å². The Bertz CT molecular complexity index is 1660. The predicted octanol–water partition coefficient (Wildman–Crippen LogP) is 3.82. The summed E-state index contributed by atoms with van der Waals surface area (Å²) in [5.41, 5.74) is 2.97. The molecule has 1 atom stereocenters. The second-order valence-electron chi connectivity index (χ2n) is 10.3. The van der Waals surface area contributed by atoms with Gasteiger partial charge < -0.3 is 19.1 Å². The van der Waals surface area contributed by atoms with Gasteiger partial charge in [-0.2, -0.15) is 0 Å². The number of hydrogen-bond acceptors (Lipinski definition) is 9. The van der Waals surface area contributed by atoms with E-state index in [1.807, 2.05) is 70.1 Å². The van der Waals surface area contributed by atoms with Crippen molar-refractivity contribution < 1.29 is 23.8 Å². The standard InChI is InChI=1S/C31H35N3O6S/c1-8-38-25-16-22(11-14-24(25)40-20(5)35)28-27(30(37)39-17-18(2)3)19(4)32-31-34(28)29(36)26(41-31)15-21-9-12-23(13-10-21)33(6)7/h9-16,18,28H,8,17H2,1-7H3/b26-15+/t28-/m0/s1. The molecule has 0 bridgehead atoms. The zero-order valence-corrected chi connectivity index (χ0v) is 25.2. The van der Waals surface area contributed by atoms with Crippen molar-refractivity contribution in [3.8, 4) is 11.5 Å². The highest BCUT2D eigenvalue weighted by molar-refractivity contribution is 7.07. The number of carbonyl (C=O) groups is 2. The first-order valence-electron chi connectivity index (χ1n) is 13.4. The molecule has 0 saturated heterocycles. The van der Waals surface area contributed by atoms with Crippen molar-refractivity contribution >= 4 is 35.0 Å². The van der Waals surface area contributed by atoms with Crippen molar-refractivity contribution in [1.29, 1.82) is 0 Å². The Morgan fingerprint density at radius 3 is 2.44 bits per heavy atom. The predicted molar refractivity (Wildman–Crippen MR) is 159 cm³/mol. The summed E-state index contributed by atoms with van der Waals surface area (Å²) >= 11 is 1.26. The Hall–Kier alpha value is -4.18. The van der Waals surface area contributed by atoms with Crippen LogP contribution in [-0.4, -0.2) is 43.8 Å². The second kappa shape index (κ2) is 12.6. The van der Waals surface area contributed by atoms with Crippen LogP contribution in [0.3, 0.4) is 0 Å². The van der Waals surface area contributed by atoms with Crippen LogP contribution in [0.15, 0.2) is 63.5 Å². The van der Waals surface area contributed by atoms with Crippen LogP contribution in [0.25, 0.3) is 6.08 Å². The maximum atomic E-state index is 13.9. The molecule has 216 valence electrons. The normalized spacial score (nSPS) is 14.9. The van der Waals surface area contributed by atoms with Gasteiger partial charge in [0.2, 0.25) is 0 Å². The molecule has 0 amide bonds. The molecular weight excluding hydrogens is 542 g/mol. The molecule has 0 radical (unpaired) electrons. The number of nitrogens with zero attached hydrogens (tertiary/aromatic N) is 3. The van der Waals surface area contributed by atoms with Gasteiger partial charge in [-0.15, -0.1) is 0 Å². The lowest BCUT2D eigenvalue weighted by molar-refractivity contribution is -0.140. The molecule has 0 N–H and O–H groups in total. The molecule has 10 heteroatoms. The van der Waals surface area contributed by atoms with E-state index in [0.29, 0.717) is 33.0 Å². The molecule has 0 fully saturated rings. The van der Waals surface area contributed by atoms with E-state index < -0.39 is 18.0 Å². The molecule has 4 rings (SSSR count). The molecule has 1 aliphatic rings. The highest BCUT2D eigenvalue weighted by atomic mass is 32.1. The van der Waals surface area contributed by atoms with Crippen LogP contribution >= 0.6 is 11.3 Å². The van der Waals surface area contributed by atoms with Crippen LogP contribution < -0.4 is 29.3 Å². The molecule has 2 heterocycles. The third-order valence-electron chi connectivity index (χ3n) is 6.33. The topological polar surface area (TPSA) is 99.4 Å². The Balaban J connectivity index is 1.90. The molecule has 1 aromatic heterocycles. The van der Waals surface area contributed by atoms with E-state index in [9.17, 15) is 14.4 Å². The third kappa shape index (κ3) is 6.59. The Morgan fingerprint density at radius 1 is 1.12 bits per heavy atom. The van der Waals surface area contributed by atoms with Crippen molar-refractivity contribution in [3.05, 3.63) is 84.5 Å². The van der Waals surface area contributed by atoms with Gasteiger partial charge in [0.1, 0.15) is 0 Å². The Morgan fingerprint density at radius 2 is 1.83 bits per heavy atom. The van der Waals surface area contributed by atoms with E-state index >= 15 is 0 Å². The molecule has 2 aromatic carbocycles. The molecule has 0 saturated carbocycles. The second-order valence-corrected chi connectivity index (χ2v) is 11.3. The van der Waals surface area contributed by atoms with Gasteiger partial charge in [-0.05, 0) is 61.2 Å². The fraction of sp³-hybridized carbons (Fsp3) is 0.355. The van der Waals surface area contributed by atoms with Gasteiger partial charge in [-0.1, -0.05) is 43.4 Å². The number of ether oxygens (including phenoxy) is 3. The van der Waals surface area contributed by atoms with E-state index in [4.69, 9.17) is 14.2 Å². The number of thiazole rings is 1. The van der Waals surface area contributed by atoms with Crippen molar-refractivity contribution in [2.75, 3.05) is 32.2 Å². The van der Waals surface area contributed by atoms with Crippen LogP contribution in [0.2, 0.25) is 0 Å². The van der Waals surface area contributed by atoms with E-state index in [0.717, 1.165) is 11.3 Å². The van der Waals surface area contributed by atoms with Gasteiger partial charge in [0, 0.05) is 26.7 Å². The molecule has 0 spiro atoms. The van der Waals surface area contributed by atoms with Crippen LogP contribution in [0.4, 0.5) is 5.69 Å². The Labute approximate surface area is 243 Å². The number of benzene rings is 2. The molecule has 0 unspecified atom stereocenters. The highest BCUT2D eigenvalue weighted by Crippen LogP contribution is 2.36. The number of allylic oxidation sites excluding steroid dienone is 1. The fourth-order valence-electron chi connectivity index (χ4n) is 4.44. The monoisotopic (exact) mass is 577 g/mol. The number of anilines is 1. The summed E-state index contributed by atoms with van der Waals surface area (Å²) in [4.78, 5) is 46.2.